The van der Waals surface area contributed by atoms with Gasteiger partial charge in [-0.1, -0.05) is 12.1 Å². The van der Waals surface area contributed by atoms with Gasteiger partial charge in [0.2, 0.25) is 5.91 Å². The van der Waals surface area contributed by atoms with E-state index in [4.69, 9.17) is 0 Å². The molecule has 146 valence electrons. The van der Waals surface area contributed by atoms with Crippen LogP contribution in [-0.2, 0) is 4.79 Å². The number of carbonyl (C=O) groups is 1. The van der Waals surface area contributed by atoms with Gasteiger partial charge in [0.05, 0.1) is 18.4 Å². The summed E-state index contributed by atoms with van der Waals surface area (Å²) >= 11 is 0. The van der Waals surface area contributed by atoms with E-state index in [0.717, 1.165) is 26.2 Å². The zero-order chi connectivity index (χ0) is 17.5. The molecular formula is C18H24Cl2N6O. The Morgan fingerprint density at radius 2 is 1.81 bits per heavy atom. The molecule has 1 aromatic heterocycles. The van der Waals surface area contributed by atoms with Gasteiger partial charge in [-0.3, -0.25) is 14.7 Å². The highest BCUT2D eigenvalue weighted by Crippen LogP contribution is 2.26. The van der Waals surface area contributed by atoms with E-state index < -0.39 is 0 Å². The van der Waals surface area contributed by atoms with Crippen LogP contribution in [0.15, 0.2) is 59.0 Å². The number of pyridine rings is 1. The molecule has 27 heavy (non-hydrogen) atoms. The van der Waals surface area contributed by atoms with Crippen molar-refractivity contribution in [1.29, 1.82) is 0 Å². The van der Waals surface area contributed by atoms with Crippen molar-refractivity contribution in [2.24, 2.45) is 10.2 Å². The second-order valence-electron chi connectivity index (χ2n) is 6.06. The van der Waals surface area contributed by atoms with Gasteiger partial charge in [0, 0.05) is 32.4 Å². The number of rotatable bonds is 5. The summed E-state index contributed by atoms with van der Waals surface area (Å²) in [6, 6.07) is 11.0. The fraction of sp³-hybridized carbons (Fsp3) is 0.333. The Labute approximate surface area is 171 Å². The lowest BCUT2D eigenvalue weighted by molar-refractivity contribution is -0.117. The number of hydrogen-bond donors (Lipinski definition) is 1. The molecule has 0 saturated carbocycles. The third-order valence-electron chi connectivity index (χ3n) is 4.06. The lowest BCUT2D eigenvalue weighted by Crippen LogP contribution is -2.47. The average Bonchev–Trinajstić information content (AvgIpc) is 2.64. The maximum absolute atomic E-state index is 12.3. The first-order valence-electron chi connectivity index (χ1n) is 8.32. The van der Waals surface area contributed by atoms with Crippen molar-refractivity contribution >= 4 is 47.8 Å². The highest BCUT2D eigenvalue weighted by Gasteiger charge is 2.17. The Bertz CT molecular complexity index is 736. The van der Waals surface area contributed by atoms with E-state index in [1.165, 1.54) is 0 Å². The Balaban J connectivity index is 0.00000182. The van der Waals surface area contributed by atoms with Gasteiger partial charge in [0.15, 0.2) is 0 Å². The summed E-state index contributed by atoms with van der Waals surface area (Å²) in [7, 11) is 2.10. The Kier molecular flexibility index (Phi) is 9.88. The van der Waals surface area contributed by atoms with Crippen LogP contribution >= 0.6 is 24.8 Å². The Morgan fingerprint density at radius 3 is 2.52 bits per heavy atom. The maximum atomic E-state index is 12.3. The molecular weight excluding hydrogens is 387 g/mol. The van der Waals surface area contributed by atoms with Crippen LogP contribution in [0.4, 0.5) is 17.1 Å². The van der Waals surface area contributed by atoms with Crippen molar-refractivity contribution in [3.05, 3.63) is 48.8 Å². The number of piperazine rings is 1. The number of benzene rings is 1. The summed E-state index contributed by atoms with van der Waals surface area (Å²) in [4.78, 5) is 20.8. The summed E-state index contributed by atoms with van der Waals surface area (Å²) in [5, 5.41) is 11.3. The highest BCUT2D eigenvalue weighted by atomic mass is 35.5. The number of aromatic nitrogens is 1. The van der Waals surface area contributed by atoms with Crippen LogP contribution in [0.1, 0.15) is 0 Å². The molecule has 1 aromatic carbocycles. The van der Waals surface area contributed by atoms with E-state index in [2.05, 4.69) is 37.4 Å². The SMILES string of the molecule is CN1CCN(CC(=O)Nc2ccccc2N=Nc2cccnc2)CC1.Cl.Cl. The van der Waals surface area contributed by atoms with Crippen LogP contribution in [0.2, 0.25) is 0 Å². The highest BCUT2D eigenvalue weighted by molar-refractivity contribution is 5.94. The van der Waals surface area contributed by atoms with Crippen LogP contribution in [0.3, 0.4) is 0 Å². The van der Waals surface area contributed by atoms with Gasteiger partial charge in [0.1, 0.15) is 11.4 Å². The van der Waals surface area contributed by atoms with Gasteiger partial charge >= 0.3 is 0 Å². The molecule has 1 amide bonds. The van der Waals surface area contributed by atoms with Crippen molar-refractivity contribution in [3.63, 3.8) is 0 Å². The molecule has 2 aromatic rings. The van der Waals surface area contributed by atoms with E-state index in [0.29, 0.717) is 23.6 Å². The first kappa shape index (κ1) is 23.0. The van der Waals surface area contributed by atoms with Crippen molar-refractivity contribution < 1.29 is 4.79 Å². The topological polar surface area (TPSA) is 73.2 Å². The summed E-state index contributed by atoms with van der Waals surface area (Å²) in [5.74, 6) is -0.0337. The number of para-hydroxylation sites is 1. The number of anilines is 1. The second-order valence-corrected chi connectivity index (χ2v) is 6.06. The van der Waals surface area contributed by atoms with Crippen LogP contribution in [0, 0.1) is 0 Å². The molecule has 1 aliphatic heterocycles. The third-order valence-corrected chi connectivity index (χ3v) is 4.06. The van der Waals surface area contributed by atoms with E-state index in [-0.39, 0.29) is 30.7 Å². The smallest absolute Gasteiger partial charge is 0.238 e. The van der Waals surface area contributed by atoms with Gasteiger partial charge < -0.3 is 10.2 Å². The molecule has 0 unspecified atom stereocenters. The molecule has 1 fully saturated rings. The predicted octanol–water partition coefficient (Wildman–Crippen LogP) is 3.53. The van der Waals surface area contributed by atoms with E-state index in [1.807, 2.05) is 30.3 Å². The zero-order valence-electron chi connectivity index (χ0n) is 15.1. The first-order valence-corrected chi connectivity index (χ1v) is 8.32. The number of hydrogen-bond acceptors (Lipinski definition) is 6. The minimum absolute atomic E-state index is 0. The molecule has 0 bridgehead atoms. The van der Waals surface area contributed by atoms with Crippen molar-refractivity contribution in [2.45, 2.75) is 0 Å². The fourth-order valence-electron chi connectivity index (χ4n) is 2.59. The number of azo groups is 1. The largest absolute Gasteiger partial charge is 0.323 e. The monoisotopic (exact) mass is 410 g/mol. The number of amides is 1. The summed E-state index contributed by atoms with van der Waals surface area (Å²) in [5.41, 5.74) is 1.95. The summed E-state index contributed by atoms with van der Waals surface area (Å²) in [6.07, 6.45) is 3.32. The molecule has 0 spiro atoms. The Morgan fingerprint density at radius 1 is 1.07 bits per heavy atom. The summed E-state index contributed by atoms with van der Waals surface area (Å²) < 4.78 is 0. The van der Waals surface area contributed by atoms with Crippen LogP contribution < -0.4 is 5.32 Å². The standard InChI is InChI=1S/C18H22N6O.2ClH/c1-23-9-11-24(12-10-23)14-18(25)20-16-6-2-3-7-17(16)22-21-15-5-4-8-19-13-15;;/h2-8,13H,9-12,14H2,1H3,(H,20,25);2*1H. The molecule has 9 heteroatoms. The minimum atomic E-state index is -0.0337. The van der Waals surface area contributed by atoms with E-state index in [1.54, 1.807) is 18.5 Å². The van der Waals surface area contributed by atoms with Crippen molar-refractivity contribution in [2.75, 3.05) is 45.1 Å². The number of nitrogens with zero attached hydrogens (tertiary/aromatic N) is 5. The van der Waals surface area contributed by atoms with Crippen LogP contribution in [-0.4, -0.2) is 60.5 Å². The van der Waals surface area contributed by atoms with Gasteiger partial charge in [-0.2, -0.15) is 0 Å². The number of nitrogens with one attached hydrogen (secondary N) is 1. The predicted molar refractivity (Wildman–Crippen MR) is 112 cm³/mol. The lowest BCUT2D eigenvalue weighted by atomic mass is 10.2. The minimum Gasteiger partial charge on any atom is -0.323 e. The molecule has 1 aliphatic rings. The Hall–Kier alpha value is -2.06. The summed E-state index contributed by atoms with van der Waals surface area (Å²) in [6.45, 7) is 4.19. The molecule has 0 atom stereocenters. The molecule has 0 aliphatic carbocycles. The third kappa shape index (κ3) is 7.22. The van der Waals surface area contributed by atoms with Crippen molar-refractivity contribution in [3.8, 4) is 0 Å². The maximum Gasteiger partial charge on any atom is 0.238 e. The zero-order valence-corrected chi connectivity index (χ0v) is 16.7. The number of carbonyl (C=O) groups excluding carboxylic acids is 1. The molecule has 2 heterocycles. The molecule has 7 nitrogen and oxygen atoms in total. The lowest BCUT2D eigenvalue weighted by Gasteiger charge is -2.31. The van der Waals surface area contributed by atoms with Crippen LogP contribution in [0.25, 0.3) is 0 Å². The fourth-order valence-corrected chi connectivity index (χ4v) is 2.59. The number of likely N-dealkylation sites (N-methyl/N-ethyl adjacent to an activating group) is 1. The van der Waals surface area contributed by atoms with Gasteiger partial charge in [0.25, 0.3) is 0 Å². The van der Waals surface area contributed by atoms with E-state index >= 15 is 0 Å². The van der Waals surface area contributed by atoms with Gasteiger partial charge in [-0.05, 0) is 31.3 Å². The normalized spacial score (nSPS) is 15.0. The first-order chi connectivity index (χ1) is 12.2. The molecule has 1 saturated heterocycles. The van der Waals surface area contributed by atoms with Gasteiger partial charge in [-0.15, -0.1) is 35.0 Å². The molecule has 1 N–H and O–H groups in total. The van der Waals surface area contributed by atoms with E-state index in [9.17, 15) is 4.79 Å². The molecule has 0 radical (unpaired) electrons. The van der Waals surface area contributed by atoms with Gasteiger partial charge in [-0.25, -0.2) is 0 Å². The quantitative estimate of drug-likeness (QED) is 0.765. The molecule has 3 rings (SSSR count). The average molecular weight is 411 g/mol. The van der Waals surface area contributed by atoms with Crippen LogP contribution in [0.5, 0.6) is 0 Å². The van der Waals surface area contributed by atoms with Crippen molar-refractivity contribution in [1.82, 2.24) is 14.8 Å². The number of halogens is 2. The second kappa shape index (κ2) is 11.6.